The van der Waals surface area contributed by atoms with Crippen LogP contribution in [0.15, 0.2) is 41.8 Å². The molecule has 2 unspecified atom stereocenters. The molecule has 0 bridgehead atoms. The van der Waals surface area contributed by atoms with Gasteiger partial charge in [0.25, 0.3) is 5.91 Å². The summed E-state index contributed by atoms with van der Waals surface area (Å²) in [5.41, 5.74) is 1.31. The summed E-state index contributed by atoms with van der Waals surface area (Å²) in [5, 5.41) is 19.8. The summed E-state index contributed by atoms with van der Waals surface area (Å²) in [6.45, 7) is 0.436. The minimum absolute atomic E-state index is 0. The molecule has 0 radical (unpaired) electrons. The van der Waals surface area contributed by atoms with E-state index in [2.05, 4.69) is 16.0 Å². The molecule has 24 heavy (non-hydrogen) atoms. The van der Waals surface area contributed by atoms with Gasteiger partial charge >= 0.3 is 0 Å². The van der Waals surface area contributed by atoms with E-state index in [1.807, 2.05) is 11.4 Å². The third kappa shape index (κ3) is 4.55. The van der Waals surface area contributed by atoms with Gasteiger partial charge < -0.3 is 21.1 Å². The van der Waals surface area contributed by atoms with Crippen LogP contribution in [0.5, 0.6) is 0 Å². The average molecular weight is 368 g/mol. The summed E-state index contributed by atoms with van der Waals surface area (Å²) in [6, 6.07) is 10.1. The average Bonchev–Trinajstić information content (AvgIpc) is 3.20. The number of carbonyl (C=O) groups excluding carboxylic acids is 2. The van der Waals surface area contributed by atoms with E-state index < -0.39 is 6.10 Å². The molecule has 2 atom stereocenters. The molecule has 3 rings (SSSR count). The first-order valence-electron chi connectivity index (χ1n) is 7.29. The number of aliphatic hydroxyl groups excluding tert-OH is 1. The molecular formula is C16H18ClN3O3S. The zero-order valence-corrected chi connectivity index (χ0v) is 14.3. The molecule has 1 aliphatic heterocycles. The lowest BCUT2D eigenvalue weighted by Crippen LogP contribution is -2.35. The molecule has 4 N–H and O–H groups in total. The third-order valence-electron chi connectivity index (χ3n) is 3.58. The minimum Gasteiger partial charge on any atom is -0.392 e. The summed E-state index contributed by atoms with van der Waals surface area (Å²) in [4.78, 5) is 24.6. The number of hydrogen-bond donors (Lipinski definition) is 4. The highest BCUT2D eigenvalue weighted by Gasteiger charge is 2.27. The first-order valence-corrected chi connectivity index (χ1v) is 8.17. The van der Waals surface area contributed by atoms with E-state index in [0.717, 1.165) is 0 Å². The van der Waals surface area contributed by atoms with Gasteiger partial charge in [-0.15, -0.1) is 23.7 Å². The number of halogens is 1. The molecule has 1 fully saturated rings. The first-order chi connectivity index (χ1) is 11.1. The van der Waals surface area contributed by atoms with Crippen molar-refractivity contribution in [1.29, 1.82) is 0 Å². The van der Waals surface area contributed by atoms with Crippen molar-refractivity contribution in [3.05, 3.63) is 46.7 Å². The topological polar surface area (TPSA) is 90.5 Å². The van der Waals surface area contributed by atoms with E-state index >= 15 is 0 Å². The van der Waals surface area contributed by atoms with E-state index in [0.29, 0.717) is 29.2 Å². The molecule has 1 saturated heterocycles. The summed E-state index contributed by atoms with van der Waals surface area (Å²) in [6.07, 6.45) is -0.0542. The Morgan fingerprint density at radius 1 is 1.12 bits per heavy atom. The second kappa shape index (κ2) is 8.25. The van der Waals surface area contributed by atoms with Crippen LogP contribution in [-0.4, -0.2) is 35.6 Å². The van der Waals surface area contributed by atoms with Gasteiger partial charge in [0.05, 0.1) is 17.0 Å². The van der Waals surface area contributed by atoms with E-state index in [4.69, 9.17) is 0 Å². The number of amides is 2. The predicted octanol–water partition coefficient (Wildman–Crippen LogP) is 2.08. The van der Waals surface area contributed by atoms with Crippen LogP contribution < -0.4 is 16.0 Å². The maximum Gasteiger partial charge on any atom is 0.265 e. The van der Waals surface area contributed by atoms with Crippen molar-refractivity contribution >= 4 is 46.9 Å². The lowest BCUT2D eigenvalue weighted by molar-refractivity contribution is -0.117. The number of benzene rings is 1. The molecule has 6 nitrogen and oxygen atoms in total. The number of anilines is 2. The molecule has 2 heterocycles. The molecule has 2 amide bonds. The molecule has 1 aliphatic rings. The number of β-amino-alcohol motifs (C(OH)–C–C–N with tert-alkyl or cyclic N) is 1. The Bertz CT molecular complexity index is 691. The Kier molecular flexibility index (Phi) is 6.33. The second-order valence-corrected chi connectivity index (χ2v) is 6.30. The van der Waals surface area contributed by atoms with Crippen LogP contribution >= 0.6 is 23.7 Å². The zero-order valence-electron chi connectivity index (χ0n) is 12.7. The molecule has 0 aliphatic carbocycles. The van der Waals surface area contributed by atoms with Crippen molar-refractivity contribution in [2.24, 2.45) is 0 Å². The van der Waals surface area contributed by atoms with E-state index in [-0.39, 0.29) is 30.3 Å². The molecular weight excluding hydrogens is 350 g/mol. The predicted molar refractivity (Wildman–Crippen MR) is 97.0 cm³/mol. The van der Waals surface area contributed by atoms with Crippen molar-refractivity contribution in [2.45, 2.75) is 18.6 Å². The standard InChI is InChI=1S/C16H17N3O3S.ClH/c20-12-8-13(17-9-12)15(21)18-10-3-5-11(6-4-10)19-16(22)14-2-1-7-23-14;/h1-7,12-13,17,20H,8-9H2,(H,18,21)(H,19,22);1H. The minimum atomic E-state index is -0.472. The lowest BCUT2D eigenvalue weighted by atomic mass is 10.2. The van der Waals surface area contributed by atoms with Crippen molar-refractivity contribution in [2.75, 3.05) is 17.2 Å². The SMILES string of the molecule is Cl.O=C(Nc1ccc(NC(=O)C2CC(O)CN2)cc1)c1cccs1. The number of rotatable bonds is 4. The van der Waals surface area contributed by atoms with Gasteiger partial charge in [0.2, 0.25) is 5.91 Å². The number of thiophene rings is 1. The quantitative estimate of drug-likeness (QED) is 0.666. The molecule has 2 aromatic rings. The van der Waals surface area contributed by atoms with Gasteiger partial charge in [0.15, 0.2) is 0 Å². The largest absolute Gasteiger partial charge is 0.392 e. The van der Waals surface area contributed by atoms with E-state index in [1.54, 1.807) is 30.3 Å². The molecule has 1 aromatic heterocycles. The Labute approximate surface area is 149 Å². The highest BCUT2D eigenvalue weighted by Crippen LogP contribution is 2.17. The fourth-order valence-corrected chi connectivity index (χ4v) is 3.00. The number of nitrogens with one attached hydrogen (secondary N) is 3. The number of hydrogen-bond acceptors (Lipinski definition) is 5. The molecule has 1 aromatic carbocycles. The van der Waals surface area contributed by atoms with E-state index in [9.17, 15) is 14.7 Å². The van der Waals surface area contributed by atoms with Crippen molar-refractivity contribution < 1.29 is 14.7 Å². The Morgan fingerprint density at radius 3 is 2.33 bits per heavy atom. The summed E-state index contributed by atoms with van der Waals surface area (Å²) < 4.78 is 0. The van der Waals surface area contributed by atoms with Crippen LogP contribution in [0.3, 0.4) is 0 Å². The molecule has 128 valence electrons. The van der Waals surface area contributed by atoms with Crippen LogP contribution in [0.25, 0.3) is 0 Å². The summed E-state index contributed by atoms with van der Waals surface area (Å²) >= 11 is 1.38. The Balaban J connectivity index is 0.00000208. The highest BCUT2D eigenvalue weighted by molar-refractivity contribution is 7.12. The number of carbonyl (C=O) groups is 2. The molecule has 8 heteroatoms. The van der Waals surface area contributed by atoms with Crippen LogP contribution in [0.4, 0.5) is 11.4 Å². The van der Waals surface area contributed by atoms with Gasteiger partial charge in [-0.25, -0.2) is 0 Å². The van der Waals surface area contributed by atoms with Crippen molar-refractivity contribution in [3.63, 3.8) is 0 Å². The summed E-state index contributed by atoms with van der Waals surface area (Å²) in [5.74, 6) is -0.321. The third-order valence-corrected chi connectivity index (χ3v) is 4.45. The maximum atomic E-state index is 12.0. The van der Waals surface area contributed by atoms with Gasteiger partial charge in [-0.2, -0.15) is 0 Å². The summed E-state index contributed by atoms with van der Waals surface area (Å²) in [7, 11) is 0. The van der Waals surface area contributed by atoms with E-state index in [1.165, 1.54) is 11.3 Å². The van der Waals surface area contributed by atoms with Gasteiger partial charge in [0.1, 0.15) is 0 Å². The van der Waals surface area contributed by atoms with Crippen LogP contribution in [-0.2, 0) is 4.79 Å². The maximum absolute atomic E-state index is 12.0. The van der Waals surface area contributed by atoms with Gasteiger partial charge in [-0.1, -0.05) is 6.07 Å². The smallest absolute Gasteiger partial charge is 0.265 e. The van der Waals surface area contributed by atoms with Gasteiger partial charge in [0, 0.05) is 17.9 Å². The highest BCUT2D eigenvalue weighted by atomic mass is 35.5. The molecule has 0 saturated carbocycles. The monoisotopic (exact) mass is 367 g/mol. The van der Waals surface area contributed by atoms with Crippen molar-refractivity contribution in [3.8, 4) is 0 Å². The van der Waals surface area contributed by atoms with Crippen LogP contribution in [0, 0.1) is 0 Å². The fourth-order valence-electron chi connectivity index (χ4n) is 2.38. The van der Waals surface area contributed by atoms with Gasteiger partial charge in [-0.3, -0.25) is 9.59 Å². The second-order valence-electron chi connectivity index (χ2n) is 5.35. The first kappa shape index (κ1) is 18.4. The lowest BCUT2D eigenvalue weighted by Gasteiger charge is -2.11. The van der Waals surface area contributed by atoms with Crippen LogP contribution in [0.1, 0.15) is 16.1 Å². The Hall–Kier alpha value is -1.93. The van der Waals surface area contributed by atoms with Gasteiger partial charge in [-0.05, 0) is 42.1 Å². The Morgan fingerprint density at radius 2 is 1.79 bits per heavy atom. The molecule has 0 spiro atoms. The zero-order chi connectivity index (χ0) is 16.2. The van der Waals surface area contributed by atoms with Crippen LogP contribution in [0.2, 0.25) is 0 Å². The number of aliphatic hydroxyl groups is 1. The van der Waals surface area contributed by atoms with Crippen molar-refractivity contribution in [1.82, 2.24) is 5.32 Å². The normalized spacial score (nSPS) is 19.4. The fraction of sp³-hybridized carbons (Fsp3) is 0.250.